The van der Waals surface area contributed by atoms with Crippen molar-refractivity contribution in [1.29, 1.82) is 0 Å². The maximum absolute atomic E-state index is 5.57. The molecular weight excluding hydrogens is 1050 g/mol. The molecule has 10 rings (SSSR count). The Bertz CT molecular complexity index is 3610. The molecule has 0 aliphatic carbocycles. The summed E-state index contributed by atoms with van der Waals surface area (Å²) in [6.07, 6.45) is 15.5. The van der Waals surface area contributed by atoms with E-state index >= 15 is 0 Å². The largest absolute Gasteiger partial charge is 0.355 e. The van der Waals surface area contributed by atoms with E-state index in [9.17, 15) is 0 Å². The summed E-state index contributed by atoms with van der Waals surface area (Å²) in [7, 11) is 0. The number of aryl methyl sites for hydroxylation is 6. The topological polar surface area (TPSA) is 115 Å². The monoisotopic (exact) mass is 1140 g/mol. The lowest BCUT2D eigenvalue weighted by Gasteiger charge is -2.10. The van der Waals surface area contributed by atoms with E-state index < -0.39 is 0 Å². The van der Waals surface area contributed by atoms with E-state index in [0.717, 1.165) is 148 Å². The van der Waals surface area contributed by atoms with Crippen molar-refractivity contribution in [2.24, 2.45) is 0 Å². The van der Waals surface area contributed by atoms with Crippen LogP contribution < -0.4 is 0 Å². The number of hydrogen-bond donors (Lipinski definition) is 4. The van der Waals surface area contributed by atoms with Crippen LogP contribution in [0.5, 0.6) is 0 Å². The van der Waals surface area contributed by atoms with E-state index in [1.165, 1.54) is 134 Å². The molecule has 0 amide bonds. The Kier molecular flexibility index (Phi) is 21.2. The molecule has 16 bridgehead atoms. The van der Waals surface area contributed by atoms with E-state index in [4.69, 9.17) is 19.9 Å². The summed E-state index contributed by atoms with van der Waals surface area (Å²) >= 11 is 0. The van der Waals surface area contributed by atoms with Crippen molar-refractivity contribution in [1.82, 2.24) is 39.9 Å². The standard InChI is InChI=1S/2C36H46N4.2ClH/c2*1-9-23-25(11-3)33-29(15-7)35-27(13-5)28(14-6)36(40-35)30(16-8)34-26(12-4)24(10-2)32(39-34)20-22-18-17-21(37-22)19-31(23)38-33;;/h2*17-20,37-38H,9-16H2,1-8H3;2*1H. The average molecular weight is 1140 g/mol. The second-order valence-corrected chi connectivity index (χ2v) is 21.8. The lowest BCUT2D eigenvalue weighted by molar-refractivity contribution is 1.03. The van der Waals surface area contributed by atoms with E-state index in [1.54, 1.807) is 0 Å². The minimum absolute atomic E-state index is 0. The quantitative estimate of drug-likeness (QED) is 0.0773. The highest BCUT2D eigenvalue weighted by Crippen LogP contribution is 2.45. The van der Waals surface area contributed by atoms with Crippen LogP contribution in [0.25, 0.3) is 88.7 Å². The molecule has 4 aliphatic heterocycles. The van der Waals surface area contributed by atoms with Crippen LogP contribution in [0.15, 0.2) is 48.5 Å². The van der Waals surface area contributed by atoms with E-state index in [1.807, 2.05) is 0 Å². The van der Waals surface area contributed by atoms with Gasteiger partial charge >= 0.3 is 0 Å². The Morgan fingerprint density at radius 2 is 0.488 bits per heavy atom. The van der Waals surface area contributed by atoms with Crippen LogP contribution in [0.4, 0.5) is 0 Å². The molecule has 10 heteroatoms. The van der Waals surface area contributed by atoms with Crippen molar-refractivity contribution in [2.45, 2.75) is 214 Å². The summed E-state index contributed by atoms with van der Waals surface area (Å²) in [6.45, 7) is 36.4. The third-order valence-electron chi connectivity index (χ3n) is 17.8. The van der Waals surface area contributed by atoms with Gasteiger partial charge in [0, 0.05) is 66.4 Å². The van der Waals surface area contributed by atoms with Crippen LogP contribution in [0.3, 0.4) is 0 Å². The van der Waals surface area contributed by atoms with E-state index in [2.05, 4.69) is 179 Å². The second kappa shape index (κ2) is 27.4. The van der Waals surface area contributed by atoms with Crippen LogP contribution >= 0.6 is 24.8 Å². The summed E-state index contributed by atoms with van der Waals surface area (Å²) in [6, 6.07) is 17.8. The third-order valence-corrected chi connectivity index (χ3v) is 17.8. The van der Waals surface area contributed by atoms with Gasteiger partial charge < -0.3 is 19.9 Å². The number of halogens is 2. The lowest BCUT2D eigenvalue weighted by atomic mass is 9.92. The normalized spacial score (nSPS) is 13.3. The number of nitrogens with one attached hydrogen (secondary N) is 4. The van der Waals surface area contributed by atoms with Crippen molar-refractivity contribution >= 4 is 114 Å². The lowest BCUT2D eigenvalue weighted by Crippen LogP contribution is -1.98. The van der Waals surface area contributed by atoms with Crippen molar-refractivity contribution in [3.8, 4) is 0 Å². The summed E-state index contributed by atoms with van der Waals surface area (Å²) in [4.78, 5) is 37.0. The molecule has 4 aliphatic rings. The van der Waals surface area contributed by atoms with Gasteiger partial charge in [0.15, 0.2) is 0 Å². The molecule has 6 aromatic rings. The molecule has 6 aromatic heterocycles. The van der Waals surface area contributed by atoms with E-state index in [0.29, 0.717) is 0 Å². The van der Waals surface area contributed by atoms with Gasteiger partial charge in [0.05, 0.1) is 45.6 Å². The summed E-state index contributed by atoms with van der Waals surface area (Å²) in [5.41, 5.74) is 40.7. The number of allylic oxidation sites excluding steroid dienone is 8. The summed E-state index contributed by atoms with van der Waals surface area (Å²) < 4.78 is 0. The second-order valence-electron chi connectivity index (χ2n) is 21.8. The Balaban J connectivity index is 0.000000230. The first-order chi connectivity index (χ1) is 38.9. The number of hydrogen-bond acceptors (Lipinski definition) is 4. The van der Waals surface area contributed by atoms with Gasteiger partial charge in [-0.1, -0.05) is 111 Å². The van der Waals surface area contributed by atoms with Gasteiger partial charge in [-0.2, -0.15) is 0 Å². The number of H-pyrrole nitrogens is 4. The van der Waals surface area contributed by atoms with Crippen molar-refractivity contribution in [3.05, 3.63) is 139 Å². The predicted octanol–water partition coefficient (Wildman–Crippen LogP) is 20.9. The maximum atomic E-state index is 5.57. The number of aromatic amines is 4. The van der Waals surface area contributed by atoms with Gasteiger partial charge in [-0.3, -0.25) is 0 Å². The molecule has 10 heterocycles. The smallest absolute Gasteiger partial charge is 0.0726 e. The Labute approximate surface area is 502 Å². The van der Waals surface area contributed by atoms with E-state index in [-0.39, 0.29) is 24.8 Å². The average Bonchev–Trinajstić information content (AvgIpc) is 4.50. The molecule has 0 atom stereocenters. The number of fused-ring (bicyclic) bond motifs is 16. The van der Waals surface area contributed by atoms with Crippen LogP contribution in [-0.4, -0.2) is 39.9 Å². The fourth-order valence-electron chi connectivity index (χ4n) is 14.1. The number of aromatic nitrogens is 8. The fourth-order valence-corrected chi connectivity index (χ4v) is 14.1. The summed E-state index contributed by atoms with van der Waals surface area (Å²) in [5.74, 6) is 0. The summed E-state index contributed by atoms with van der Waals surface area (Å²) in [5, 5.41) is 0. The van der Waals surface area contributed by atoms with Crippen LogP contribution in [0.2, 0.25) is 0 Å². The first-order valence-electron chi connectivity index (χ1n) is 31.4. The third kappa shape index (κ3) is 11.1. The van der Waals surface area contributed by atoms with Gasteiger partial charge in [0.25, 0.3) is 0 Å². The molecule has 8 nitrogen and oxygen atoms in total. The maximum Gasteiger partial charge on any atom is 0.0726 e. The van der Waals surface area contributed by atoms with Gasteiger partial charge in [-0.05, 0) is 218 Å². The zero-order valence-electron chi connectivity index (χ0n) is 52.5. The van der Waals surface area contributed by atoms with Crippen LogP contribution in [0.1, 0.15) is 252 Å². The Morgan fingerprint density at radius 3 is 0.756 bits per heavy atom. The highest BCUT2D eigenvalue weighted by Gasteiger charge is 2.30. The SMILES string of the molecule is CCC1=C(CC)c2nc1cc1ccc(cc3[nH]c(c(CC)c4nc(c2CC)C(CC)=C4CC)c(CC)c3CC)[nH]1.CCC1=C(CC)c2nc1cc1ccc(cc3[nH]c(c(CC)c4nc(c2CC)C(CC)=C4CC)c(CC)c3CC)[nH]1.Cl.Cl. The van der Waals surface area contributed by atoms with Crippen LogP contribution in [-0.2, 0) is 51.4 Å². The fraction of sp³-hybridized carbons (Fsp3) is 0.444. The number of nitrogens with zero attached hydrogens (tertiary/aromatic N) is 4. The van der Waals surface area contributed by atoms with Crippen molar-refractivity contribution < 1.29 is 0 Å². The highest BCUT2D eigenvalue weighted by atomic mass is 35.5. The molecule has 82 heavy (non-hydrogen) atoms. The molecule has 0 unspecified atom stereocenters. The highest BCUT2D eigenvalue weighted by molar-refractivity contribution is 6.00. The van der Waals surface area contributed by atoms with Gasteiger partial charge in [-0.25, -0.2) is 19.9 Å². The Hall–Kier alpha value is -6.22. The molecule has 0 spiro atoms. The zero-order chi connectivity index (χ0) is 57.1. The Morgan fingerprint density at radius 1 is 0.244 bits per heavy atom. The molecule has 0 saturated carbocycles. The number of rotatable bonds is 16. The van der Waals surface area contributed by atoms with Crippen LogP contribution in [0, 0.1) is 0 Å². The molecule has 0 saturated heterocycles. The molecule has 0 fully saturated rings. The van der Waals surface area contributed by atoms with Crippen molar-refractivity contribution in [3.63, 3.8) is 0 Å². The molecule has 4 N–H and O–H groups in total. The minimum Gasteiger partial charge on any atom is -0.355 e. The van der Waals surface area contributed by atoms with Gasteiger partial charge in [0.2, 0.25) is 0 Å². The molecule has 0 aromatic carbocycles. The first-order valence-corrected chi connectivity index (χ1v) is 31.4. The predicted molar refractivity (Wildman–Crippen MR) is 361 cm³/mol. The minimum atomic E-state index is 0. The molecule has 436 valence electrons. The zero-order valence-corrected chi connectivity index (χ0v) is 54.2. The van der Waals surface area contributed by atoms with Gasteiger partial charge in [-0.15, -0.1) is 24.8 Å². The van der Waals surface area contributed by atoms with Crippen molar-refractivity contribution in [2.75, 3.05) is 0 Å². The van der Waals surface area contributed by atoms with Gasteiger partial charge in [0.1, 0.15) is 0 Å². The molecule has 0 radical (unpaired) electrons. The first kappa shape index (κ1) is 63.4. The molecular formula is C72H94Cl2N8.